The molecule has 7 heteroatoms. The monoisotopic (exact) mass is 370 g/mol. The number of nitrogens with one attached hydrogen (secondary N) is 1. The second-order valence-electron chi connectivity index (χ2n) is 6.52. The van der Waals surface area contributed by atoms with Gasteiger partial charge in [0, 0.05) is 30.6 Å². The maximum Gasteiger partial charge on any atom is 0.271 e. The van der Waals surface area contributed by atoms with Gasteiger partial charge in [0.15, 0.2) is 0 Å². The average Bonchev–Trinajstić information content (AvgIpc) is 3.23. The standard InChI is InChI=1S/C19H19FN4OS/c1-24-10-13-15(7-4-8-16(13)23-24)22-19(25)17-11-26-18(21-17)9-12-5-2-3-6-14(12)20/h2-3,5-6,10-11,15H,4,7-9H2,1H3,(H,22,25). The van der Waals surface area contributed by atoms with E-state index < -0.39 is 0 Å². The third-order valence-corrected chi connectivity index (χ3v) is 5.46. The molecular formula is C19H19FN4OS. The fourth-order valence-corrected chi connectivity index (χ4v) is 4.15. The van der Waals surface area contributed by atoms with Crippen LogP contribution in [-0.4, -0.2) is 20.7 Å². The molecule has 0 saturated heterocycles. The highest BCUT2D eigenvalue weighted by Crippen LogP contribution is 2.29. The van der Waals surface area contributed by atoms with Crippen LogP contribution in [0.25, 0.3) is 0 Å². The Kier molecular flexibility index (Phi) is 4.55. The molecule has 0 bridgehead atoms. The molecule has 2 aromatic heterocycles. The number of thiazole rings is 1. The zero-order valence-electron chi connectivity index (χ0n) is 14.4. The van der Waals surface area contributed by atoms with Gasteiger partial charge in [-0.15, -0.1) is 11.3 Å². The summed E-state index contributed by atoms with van der Waals surface area (Å²) in [5.74, 6) is -0.442. The minimum Gasteiger partial charge on any atom is -0.344 e. The van der Waals surface area contributed by atoms with Gasteiger partial charge in [-0.2, -0.15) is 5.10 Å². The van der Waals surface area contributed by atoms with Gasteiger partial charge < -0.3 is 5.32 Å². The summed E-state index contributed by atoms with van der Waals surface area (Å²) in [7, 11) is 1.90. The molecule has 5 nitrogen and oxygen atoms in total. The van der Waals surface area contributed by atoms with Crippen molar-refractivity contribution in [1.29, 1.82) is 0 Å². The number of benzene rings is 1. The molecule has 1 N–H and O–H groups in total. The first-order valence-electron chi connectivity index (χ1n) is 8.61. The summed E-state index contributed by atoms with van der Waals surface area (Å²) in [5, 5.41) is 9.99. The molecule has 3 aromatic rings. The normalized spacial score (nSPS) is 16.3. The molecule has 0 spiro atoms. The summed E-state index contributed by atoms with van der Waals surface area (Å²) < 4.78 is 15.6. The van der Waals surface area contributed by atoms with Crippen molar-refractivity contribution in [2.24, 2.45) is 7.05 Å². The molecule has 1 unspecified atom stereocenters. The van der Waals surface area contributed by atoms with E-state index in [9.17, 15) is 9.18 Å². The van der Waals surface area contributed by atoms with Gasteiger partial charge in [0.2, 0.25) is 0 Å². The van der Waals surface area contributed by atoms with Crippen LogP contribution in [0.3, 0.4) is 0 Å². The minimum absolute atomic E-state index is 0.0309. The molecular weight excluding hydrogens is 351 g/mol. The number of fused-ring (bicyclic) bond motifs is 1. The highest BCUT2D eigenvalue weighted by atomic mass is 32.1. The number of aryl methyl sites for hydroxylation is 2. The van der Waals surface area contributed by atoms with E-state index in [2.05, 4.69) is 15.4 Å². The fraction of sp³-hybridized carbons (Fsp3) is 0.316. The van der Waals surface area contributed by atoms with Gasteiger partial charge >= 0.3 is 0 Å². The Morgan fingerprint density at radius 1 is 1.42 bits per heavy atom. The lowest BCUT2D eigenvalue weighted by Crippen LogP contribution is -2.30. The van der Waals surface area contributed by atoms with Crippen LogP contribution in [0.2, 0.25) is 0 Å². The van der Waals surface area contributed by atoms with Crippen molar-refractivity contribution < 1.29 is 9.18 Å². The van der Waals surface area contributed by atoms with Crippen LogP contribution >= 0.6 is 11.3 Å². The number of nitrogens with zero attached hydrogens (tertiary/aromatic N) is 3. The number of rotatable bonds is 4. The largest absolute Gasteiger partial charge is 0.344 e. The van der Waals surface area contributed by atoms with Crippen molar-refractivity contribution in [2.75, 3.05) is 0 Å². The molecule has 26 heavy (non-hydrogen) atoms. The molecule has 2 heterocycles. The minimum atomic E-state index is -0.250. The van der Waals surface area contributed by atoms with Gasteiger partial charge in [0.05, 0.1) is 16.7 Å². The van der Waals surface area contributed by atoms with Crippen molar-refractivity contribution in [3.05, 3.63) is 69.2 Å². The molecule has 1 aliphatic rings. The van der Waals surface area contributed by atoms with E-state index >= 15 is 0 Å². The molecule has 1 aromatic carbocycles. The van der Waals surface area contributed by atoms with Gasteiger partial charge in [-0.05, 0) is 30.9 Å². The molecule has 0 aliphatic heterocycles. The first kappa shape index (κ1) is 16.9. The van der Waals surface area contributed by atoms with Gasteiger partial charge in [-0.1, -0.05) is 18.2 Å². The summed E-state index contributed by atoms with van der Waals surface area (Å²) in [5.41, 5.74) is 3.12. The van der Waals surface area contributed by atoms with Crippen molar-refractivity contribution in [3.63, 3.8) is 0 Å². The summed E-state index contributed by atoms with van der Waals surface area (Å²) in [4.78, 5) is 17.0. The van der Waals surface area contributed by atoms with Gasteiger partial charge in [-0.3, -0.25) is 9.48 Å². The fourth-order valence-electron chi connectivity index (χ4n) is 3.35. The van der Waals surface area contributed by atoms with Gasteiger partial charge in [0.25, 0.3) is 5.91 Å². The van der Waals surface area contributed by atoms with E-state index in [0.717, 1.165) is 35.5 Å². The predicted octanol–water partition coefficient (Wildman–Crippen LogP) is 3.41. The molecule has 1 atom stereocenters. The SMILES string of the molecule is Cn1cc2c(n1)CCCC2NC(=O)c1csc(Cc2ccccc2F)n1. The molecule has 0 fully saturated rings. The number of hydrogen-bond acceptors (Lipinski definition) is 4. The maximum atomic E-state index is 13.8. The number of carbonyl (C=O) groups is 1. The molecule has 0 radical (unpaired) electrons. The van der Waals surface area contributed by atoms with Crippen LogP contribution in [0.15, 0.2) is 35.8 Å². The molecule has 1 aliphatic carbocycles. The lowest BCUT2D eigenvalue weighted by Gasteiger charge is -2.22. The van der Waals surface area contributed by atoms with Crippen LogP contribution < -0.4 is 5.32 Å². The van der Waals surface area contributed by atoms with E-state index in [4.69, 9.17) is 0 Å². The van der Waals surface area contributed by atoms with Crippen LogP contribution in [0.1, 0.15) is 51.2 Å². The Hall–Kier alpha value is -2.54. The lowest BCUT2D eigenvalue weighted by atomic mass is 9.93. The van der Waals surface area contributed by atoms with Crippen LogP contribution in [0.4, 0.5) is 4.39 Å². The zero-order chi connectivity index (χ0) is 18.1. The Morgan fingerprint density at radius 2 is 2.27 bits per heavy atom. The second-order valence-corrected chi connectivity index (χ2v) is 7.46. The molecule has 4 rings (SSSR count). The van der Waals surface area contributed by atoms with E-state index in [0.29, 0.717) is 17.7 Å². The van der Waals surface area contributed by atoms with Crippen molar-refractivity contribution in [1.82, 2.24) is 20.1 Å². The molecule has 0 saturated carbocycles. The highest BCUT2D eigenvalue weighted by molar-refractivity contribution is 7.09. The third-order valence-electron chi connectivity index (χ3n) is 4.61. The lowest BCUT2D eigenvalue weighted by molar-refractivity contribution is 0.0928. The van der Waals surface area contributed by atoms with E-state index in [1.54, 1.807) is 28.3 Å². The zero-order valence-corrected chi connectivity index (χ0v) is 15.2. The number of amides is 1. The maximum absolute atomic E-state index is 13.8. The number of halogens is 1. The van der Waals surface area contributed by atoms with Gasteiger partial charge in [0.1, 0.15) is 11.5 Å². The van der Waals surface area contributed by atoms with Crippen molar-refractivity contribution in [3.8, 4) is 0 Å². The first-order valence-corrected chi connectivity index (χ1v) is 9.49. The average molecular weight is 370 g/mol. The smallest absolute Gasteiger partial charge is 0.271 e. The Balaban J connectivity index is 1.47. The van der Waals surface area contributed by atoms with E-state index in [-0.39, 0.29) is 17.8 Å². The van der Waals surface area contributed by atoms with E-state index in [1.807, 2.05) is 13.2 Å². The van der Waals surface area contributed by atoms with Crippen LogP contribution in [0.5, 0.6) is 0 Å². The number of carbonyl (C=O) groups excluding carboxylic acids is 1. The van der Waals surface area contributed by atoms with Crippen LogP contribution in [0, 0.1) is 5.82 Å². The number of aromatic nitrogens is 3. The van der Waals surface area contributed by atoms with Crippen LogP contribution in [-0.2, 0) is 19.9 Å². The first-order chi connectivity index (χ1) is 12.6. The van der Waals surface area contributed by atoms with Crippen molar-refractivity contribution in [2.45, 2.75) is 31.7 Å². The summed E-state index contributed by atoms with van der Waals surface area (Å²) >= 11 is 1.38. The molecule has 1 amide bonds. The Bertz CT molecular complexity index is 949. The highest BCUT2D eigenvalue weighted by Gasteiger charge is 2.25. The number of hydrogen-bond donors (Lipinski definition) is 1. The van der Waals surface area contributed by atoms with E-state index in [1.165, 1.54) is 17.4 Å². The quantitative estimate of drug-likeness (QED) is 0.766. The van der Waals surface area contributed by atoms with Gasteiger partial charge in [-0.25, -0.2) is 9.37 Å². The van der Waals surface area contributed by atoms with Crippen molar-refractivity contribution >= 4 is 17.2 Å². The second kappa shape index (κ2) is 6.99. The summed E-state index contributed by atoms with van der Waals surface area (Å²) in [6.45, 7) is 0. The summed E-state index contributed by atoms with van der Waals surface area (Å²) in [6, 6.07) is 6.61. The topological polar surface area (TPSA) is 59.8 Å². The summed E-state index contributed by atoms with van der Waals surface area (Å²) in [6.07, 6.45) is 5.22. The Labute approximate surface area is 154 Å². The Morgan fingerprint density at radius 3 is 3.12 bits per heavy atom. The molecule has 134 valence electrons. The third kappa shape index (κ3) is 3.39. The predicted molar refractivity (Wildman–Crippen MR) is 97.7 cm³/mol.